The molecule has 0 bridgehead atoms. The number of nitrogens with two attached hydrogens (primary N) is 1. The van der Waals surface area contributed by atoms with E-state index in [1.807, 2.05) is 12.1 Å². The molecule has 6 nitrogen and oxygen atoms in total. The number of nitrogens with zero attached hydrogens (tertiary/aromatic N) is 3. The molecular formula is C15H18ClN5O. The van der Waals surface area contributed by atoms with Crippen molar-refractivity contribution in [2.45, 2.75) is 6.54 Å². The normalized spacial score (nSPS) is 14.9. The van der Waals surface area contributed by atoms with Crippen LogP contribution in [0.3, 0.4) is 0 Å². The van der Waals surface area contributed by atoms with Crippen LogP contribution in [0.2, 0.25) is 5.15 Å². The number of hydrogen-bond donors (Lipinski definition) is 2. The Labute approximate surface area is 134 Å². The third kappa shape index (κ3) is 3.58. The summed E-state index contributed by atoms with van der Waals surface area (Å²) >= 11 is 5.89. The maximum absolute atomic E-state index is 5.89. The van der Waals surface area contributed by atoms with Crippen molar-refractivity contribution >= 4 is 29.1 Å². The second kappa shape index (κ2) is 6.81. The summed E-state index contributed by atoms with van der Waals surface area (Å²) in [7, 11) is 0. The Kier molecular flexibility index (Phi) is 4.60. The monoisotopic (exact) mass is 319 g/mol. The number of benzene rings is 1. The fraction of sp³-hybridized carbons (Fsp3) is 0.333. The van der Waals surface area contributed by atoms with Gasteiger partial charge in [0.1, 0.15) is 11.0 Å². The third-order valence-electron chi connectivity index (χ3n) is 3.52. The predicted molar refractivity (Wildman–Crippen MR) is 88.3 cm³/mol. The standard InChI is InChI=1S/C15H18ClN5O/c16-13-9-14(20-15(17)19-13)18-10-11-3-1-2-4-12(11)21-5-7-22-8-6-21/h1-4,9H,5-8,10H2,(H3,17,18,19,20). The van der Waals surface area contributed by atoms with Gasteiger partial charge in [0.05, 0.1) is 13.2 Å². The molecule has 1 fully saturated rings. The molecule has 2 heterocycles. The Bertz CT molecular complexity index is 625. The maximum Gasteiger partial charge on any atom is 0.223 e. The lowest BCUT2D eigenvalue weighted by Crippen LogP contribution is -2.36. The number of nitrogens with one attached hydrogen (secondary N) is 1. The molecule has 22 heavy (non-hydrogen) atoms. The molecular weight excluding hydrogens is 302 g/mol. The number of halogens is 1. The van der Waals surface area contributed by atoms with Crippen LogP contribution in [0.5, 0.6) is 0 Å². The van der Waals surface area contributed by atoms with Crippen LogP contribution in [-0.2, 0) is 11.3 Å². The zero-order valence-electron chi connectivity index (χ0n) is 12.1. The number of aromatic nitrogens is 2. The maximum atomic E-state index is 5.89. The zero-order valence-corrected chi connectivity index (χ0v) is 12.9. The van der Waals surface area contributed by atoms with Crippen molar-refractivity contribution in [1.29, 1.82) is 0 Å². The van der Waals surface area contributed by atoms with Crippen molar-refractivity contribution in [2.75, 3.05) is 42.3 Å². The number of ether oxygens (including phenoxy) is 1. The van der Waals surface area contributed by atoms with E-state index in [0.717, 1.165) is 26.3 Å². The lowest BCUT2D eigenvalue weighted by molar-refractivity contribution is 0.122. The first-order valence-electron chi connectivity index (χ1n) is 7.17. The Balaban J connectivity index is 1.74. The van der Waals surface area contributed by atoms with Crippen LogP contribution in [0, 0.1) is 0 Å². The summed E-state index contributed by atoms with van der Waals surface area (Å²) in [5, 5.41) is 3.58. The van der Waals surface area contributed by atoms with Gasteiger partial charge in [-0.3, -0.25) is 0 Å². The van der Waals surface area contributed by atoms with Crippen LogP contribution in [0.15, 0.2) is 30.3 Å². The van der Waals surface area contributed by atoms with Gasteiger partial charge in [0.15, 0.2) is 0 Å². The van der Waals surface area contributed by atoms with E-state index in [1.165, 1.54) is 11.3 Å². The van der Waals surface area contributed by atoms with Crippen molar-refractivity contribution in [3.8, 4) is 0 Å². The SMILES string of the molecule is Nc1nc(Cl)cc(NCc2ccccc2N2CCOCC2)n1. The molecule has 3 rings (SSSR count). The summed E-state index contributed by atoms with van der Waals surface area (Å²) in [6, 6.07) is 9.97. The van der Waals surface area contributed by atoms with Gasteiger partial charge in [0.25, 0.3) is 0 Å². The van der Waals surface area contributed by atoms with E-state index in [-0.39, 0.29) is 5.95 Å². The van der Waals surface area contributed by atoms with Gasteiger partial charge in [0.2, 0.25) is 5.95 Å². The van der Waals surface area contributed by atoms with E-state index in [2.05, 4.69) is 32.3 Å². The molecule has 0 unspecified atom stereocenters. The van der Waals surface area contributed by atoms with Gasteiger partial charge in [-0.1, -0.05) is 29.8 Å². The minimum Gasteiger partial charge on any atom is -0.378 e. The van der Waals surface area contributed by atoms with E-state index in [9.17, 15) is 0 Å². The quantitative estimate of drug-likeness (QED) is 0.841. The van der Waals surface area contributed by atoms with Crippen molar-refractivity contribution in [2.24, 2.45) is 0 Å². The van der Waals surface area contributed by atoms with Gasteiger partial charge in [-0.2, -0.15) is 4.98 Å². The van der Waals surface area contributed by atoms with E-state index in [1.54, 1.807) is 6.07 Å². The first-order valence-corrected chi connectivity index (χ1v) is 7.55. The molecule has 0 spiro atoms. The molecule has 0 amide bonds. The molecule has 0 aliphatic carbocycles. The van der Waals surface area contributed by atoms with Crippen molar-refractivity contribution in [3.63, 3.8) is 0 Å². The van der Waals surface area contributed by atoms with Gasteiger partial charge >= 0.3 is 0 Å². The second-order valence-corrected chi connectivity index (χ2v) is 5.40. The predicted octanol–water partition coefficient (Wildman–Crippen LogP) is 2.16. The summed E-state index contributed by atoms with van der Waals surface area (Å²) in [5.41, 5.74) is 8.01. The van der Waals surface area contributed by atoms with Crippen LogP contribution < -0.4 is 16.0 Å². The number of nitrogen functional groups attached to an aromatic ring is 1. The number of hydrogen-bond acceptors (Lipinski definition) is 6. The van der Waals surface area contributed by atoms with Crippen LogP contribution in [0.25, 0.3) is 0 Å². The molecule has 7 heteroatoms. The third-order valence-corrected chi connectivity index (χ3v) is 3.71. The van der Waals surface area contributed by atoms with Gasteiger partial charge in [-0.15, -0.1) is 0 Å². The van der Waals surface area contributed by atoms with Gasteiger partial charge in [0, 0.05) is 31.4 Å². The highest BCUT2D eigenvalue weighted by atomic mass is 35.5. The summed E-state index contributed by atoms with van der Waals surface area (Å²) in [6.07, 6.45) is 0. The number of rotatable bonds is 4. The first-order chi connectivity index (χ1) is 10.7. The smallest absolute Gasteiger partial charge is 0.223 e. The molecule has 1 aliphatic heterocycles. The molecule has 2 aromatic rings. The summed E-state index contributed by atoms with van der Waals surface area (Å²) in [5.74, 6) is 0.783. The minimum atomic E-state index is 0.163. The highest BCUT2D eigenvalue weighted by Gasteiger charge is 2.14. The lowest BCUT2D eigenvalue weighted by Gasteiger charge is -2.30. The van der Waals surface area contributed by atoms with E-state index < -0.39 is 0 Å². The molecule has 3 N–H and O–H groups in total. The van der Waals surface area contributed by atoms with Crippen LogP contribution in [-0.4, -0.2) is 36.3 Å². The minimum absolute atomic E-state index is 0.163. The van der Waals surface area contributed by atoms with Gasteiger partial charge in [-0.05, 0) is 11.6 Å². The average Bonchev–Trinajstić information content (AvgIpc) is 2.53. The number of para-hydroxylation sites is 1. The first kappa shape index (κ1) is 14.9. The molecule has 116 valence electrons. The van der Waals surface area contributed by atoms with Crippen molar-refractivity contribution in [1.82, 2.24) is 9.97 Å². The van der Waals surface area contributed by atoms with Crippen molar-refractivity contribution < 1.29 is 4.74 Å². The highest BCUT2D eigenvalue weighted by molar-refractivity contribution is 6.29. The fourth-order valence-corrected chi connectivity index (χ4v) is 2.67. The molecule has 1 saturated heterocycles. The fourth-order valence-electron chi connectivity index (χ4n) is 2.48. The number of anilines is 3. The molecule has 0 saturated carbocycles. The number of morpholine rings is 1. The Morgan fingerprint density at radius 2 is 2.00 bits per heavy atom. The van der Waals surface area contributed by atoms with E-state index >= 15 is 0 Å². The lowest BCUT2D eigenvalue weighted by atomic mass is 10.1. The Morgan fingerprint density at radius 3 is 2.77 bits per heavy atom. The van der Waals surface area contributed by atoms with Crippen LogP contribution >= 0.6 is 11.6 Å². The summed E-state index contributed by atoms with van der Waals surface area (Å²) in [6.45, 7) is 3.98. The van der Waals surface area contributed by atoms with Crippen LogP contribution in [0.4, 0.5) is 17.5 Å². The molecule has 1 aromatic heterocycles. The second-order valence-electron chi connectivity index (χ2n) is 5.02. The average molecular weight is 320 g/mol. The summed E-state index contributed by atoms with van der Waals surface area (Å²) in [4.78, 5) is 10.3. The largest absolute Gasteiger partial charge is 0.378 e. The van der Waals surface area contributed by atoms with E-state index in [4.69, 9.17) is 22.1 Å². The van der Waals surface area contributed by atoms with E-state index in [0.29, 0.717) is 17.5 Å². The Hall–Kier alpha value is -2.05. The highest BCUT2D eigenvalue weighted by Crippen LogP contribution is 2.22. The van der Waals surface area contributed by atoms with Crippen molar-refractivity contribution in [3.05, 3.63) is 41.0 Å². The Morgan fingerprint density at radius 1 is 1.23 bits per heavy atom. The molecule has 0 atom stereocenters. The van der Waals surface area contributed by atoms with Gasteiger partial charge < -0.3 is 20.7 Å². The van der Waals surface area contributed by atoms with Gasteiger partial charge in [-0.25, -0.2) is 4.98 Å². The molecule has 1 aliphatic rings. The topological polar surface area (TPSA) is 76.3 Å². The summed E-state index contributed by atoms with van der Waals surface area (Å²) < 4.78 is 5.41. The van der Waals surface area contributed by atoms with Crippen LogP contribution in [0.1, 0.15) is 5.56 Å². The zero-order chi connectivity index (χ0) is 15.4. The molecule has 0 radical (unpaired) electrons. The molecule has 1 aromatic carbocycles.